The molecule has 5 heteroatoms. The van der Waals surface area contributed by atoms with Gasteiger partial charge in [0.05, 0.1) is 17.8 Å². The highest BCUT2D eigenvalue weighted by Gasteiger charge is 2.35. The maximum absolute atomic E-state index is 12.1. The molecule has 1 aliphatic rings. The fourth-order valence-corrected chi connectivity index (χ4v) is 2.42. The van der Waals surface area contributed by atoms with Crippen molar-refractivity contribution in [2.24, 2.45) is 0 Å². The average Bonchev–Trinajstić information content (AvgIpc) is 2.74. The van der Waals surface area contributed by atoms with Gasteiger partial charge in [0.25, 0.3) is 11.7 Å². The summed E-state index contributed by atoms with van der Waals surface area (Å²) in [6.45, 7) is 1.63. The Morgan fingerprint density at radius 1 is 1.05 bits per heavy atom. The normalized spacial score (nSPS) is 13.2. The molecule has 0 spiro atoms. The summed E-state index contributed by atoms with van der Waals surface area (Å²) in [5, 5.41) is 0. The number of esters is 1. The number of amides is 1. The lowest BCUT2D eigenvalue weighted by atomic mass is 10.1. The summed E-state index contributed by atoms with van der Waals surface area (Å²) in [6, 6.07) is 13.8. The SMILES string of the molecule is CC(=O)Oc1ccc(CN2C(=O)C(=O)c3ccccc32)cc1. The topological polar surface area (TPSA) is 63.7 Å². The Morgan fingerprint density at radius 2 is 1.73 bits per heavy atom. The van der Waals surface area contributed by atoms with E-state index in [0.29, 0.717) is 23.5 Å². The first-order valence-corrected chi connectivity index (χ1v) is 6.79. The van der Waals surface area contributed by atoms with Crippen LogP contribution in [0.3, 0.4) is 0 Å². The van der Waals surface area contributed by atoms with Gasteiger partial charge >= 0.3 is 5.97 Å². The number of rotatable bonds is 3. The molecule has 0 bridgehead atoms. The molecule has 110 valence electrons. The van der Waals surface area contributed by atoms with Crippen LogP contribution in [0, 0.1) is 0 Å². The van der Waals surface area contributed by atoms with Crippen LogP contribution >= 0.6 is 0 Å². The van der Waals surface area contributed by atoms with E-state index in [1.54, 1.807) is 48.5 Å². The highest BCUT2D eigenvalue weighted by atomic mass is 16.5. The van der Waals surface area contributed by atoms with Gasteiger partial charge in [0.2, 0.25) is 0 Å². The number of carbonyl (C=O) groups is 3. The van der Waals surface area contributed by atoms with E-state index in [0.717, 1.165) is 5.56 Å². The van der Waals surface area contributed by atoms with Gasteiger partial charge in [-0.1, -0.05) is 24.3 Å². The fourth-order valence-electron chi connectivity index (χ4n) is 2.42. The van der Waals surface area contributed by atoms with Crippen molar-refractivity contribution < 1.29 is 19.1 Å². The Labute approximate surface area is 127 Å². The number of benzene rings is 2. The van der Waals surface area contributed by atoms with E-state index in [9.17, 15) is 14.4 Å². The Hall–Kier alpha value is -2.95. The zero-order valence-corrected chi connectivity index (χ0v) is 11.9. The summed E-state index contributed by atoms with van der Waals surface area (Å²) in [5.41, 5.74) is 1.90. The predicted octanol–water partition coefficient (Wildman–Crippen LogP) is 2.34. The lowest BCUT2D eigenvalue weighted by molar-refractivity contribution is -0.131. The van der Waals surface area contributed by atoms with Crippen molar-refractivity contribution in [1.82, 2.24) is 0 Å². The largest absolute Gasteiger partial charge is 0.427 e. The molecular weight excluding hydrogens is 282 g/mol. The van der Waals surface area contributed by atoms with Crippen molar-refractivity contribution in [2.75, 3.05) is 4.90 Å². The van der Waals surface area contributed by atoms with Crippen LogP contribution in [0.1, 0.15) is 22.8 Å². The van der Waals surface area contributed by atoms with Gasteiger partial charge in [0, 0.05) is 6.92 Å². The maximum Gasteiger partial charge on any atom is 0.308 e. The Balaban J connectivity index is 1.83. The molecule has 0 radical (unpaired) electrons. The van der Waals surface area contributed by atoms with Gasteiger partial charge in [-0.05, 0) is 29.8 Å². The molecule has 0 aliphatic carbocycles. The highest BCUT2D eigenvalue weighted by Crippen LogP contribution is 2.30. The molecular formula is C17H13NO4. The first-order chi connectivity index (χ1) is 10.6. The van der Waals surface area contributed by atoms with Crippen molar-refractivity contribution in [3.63, 3.8) is 0 Å². The first kappa shape index (κ1) is 14.0. The van der Waals surface area contributed by atoms with Crippen LogP contribution in [-0.4, -0.2) is 17.7 Å². The minimum atomic E-state index is -0.523. The van der Waals surface area contributed by atoms with Crippen LogP contribution in [0.5, 0.6) is 5.75 Å². The first-order valence-electron chi connectivity index (χ1n) is 6.79. The summed E-state index contributed by atoms with van der Waals surface area (Å²) < 4.78 is 4.96. The van der Waals surface area contributed by atoms with Crippen LogP contribution in [0.15, 0.2) is 48.5 Å². The number of Topliss-reactive ketones (excluding diaryl/α,β-unsaturated/α-hetero) is 1. The second-order valence-electron chi connectivity index (χ2n) is 4.98. The number of ketones is 1. The average molecular weight is 295 g/mol. The summed E-state index contributed by atoms with van der Waals surface area (Å²) in [5.74, 6) is -0.945. The zero-order valence-electron chi connectivity index (χ0n) is 11.9. The molecule has 1 amide bonds. The van der Waals surface area contributed by atoms with Crippen LogP contribution in [0.4, 0.5) is 5.69 Å². The quantitative estimate of drug-likeness (QED) is 0.495. The lowest BCUT2D eigenvalue weighted by Crippen LogP contribution is -2.29. The standard InChI is InChI=1S/C17H13NO4/c1-11(19)22-13-8-6-12(7-9-13)10-18-15-5-3-2-4-14(15)16(20)17(18)21/h2-9H,10H2,1H3. The van der Waals surface area contributed by atoms with E-state index in [1.807, 2.05) is 0 Å². The molecule has 5 nitrogen and oxygen atoms in total. The van der Waals surface area contributed by atoms with Crippen LogP contribution in [0.2, 0.25) is 0 Å². The molecule has 0 unspecified atom stereocenters. The van der Waals surface area contributed by atoms with Gasteiger partial charge in [0.1, 0.15) is 5.75 Å². The van der Waals surface area contributed by atoms with E-state index in [1.165, 1.54) is 11.8 Å². The number of hydrogen-bond donors (Lipinski definition) is 0. The summed E-state index contributed by atoms with van der Waals surface area (Å²) in [4.78, 5) is 36.3. The molecule has 0 aromatic heterocycles. The van der Waals surface area contributed by atoms with Crippen molar-refractivity contribution in [3.05, 3.63) is 59.7 Å². The number of fused-ring (bicyclic) bond motifs is 1. The molecule has 2 aromatic carbocycles. The van der Waals surface area contributed by atoms with Crippen molar-refractivity contribution in [2.45, 2.75) is 13.5 Å². The molecule has 3 rings (SSSR count). The molecule has 0 atom stereocenters. The van der Waals surface area contributed by atoms with Gasteiger partial charge in [-0.15, -0.1) is 0 Å². The Bertz CT molecular complexity index is 764. The molecule has 1 aliphatic heterocycles. The maximum atomic E-state index is 12.1. The number of nitrogens with zero attached hydrogens (tertiary/aromatic N) is 1. The second kappa shape index (κ2) is 5.44. The van der Waals surface area contributed by atoms with Crippen LogP contribution < -0.4 is 9.64 Å². The van der Waals surface area contributed by atoms with Crippen molar-refractivity contribution in [3.8, 4) is 5.75 Å². The third kappa shape index (κ3) is 2.48. The van der Waals surface area contributed by atoms with E-state index in [-0.39, 0.29) is 5.97 Å². The third-order valence-corrected chi connectivity index (χ3v) is 3.40. The highest BCUT2D eigenvalue weighted by molar-refractivity contribution is 6.52. The van der Waals surface area contributed by atoms with E-state index < -0.39 is 11.7 Å². The van der Waals surface area contributed by atoms with Crippen molar-refractivity contribution in [1.29, 1.82) is 0 Å². The van der Waals surface area contributed by atoms with Gasteiger partial charge in [0.15, 0.2) is 0 Å². The molecule has 22 heavy (non-hydrogen) atoms. The second-order valence-corrected chi connectivity index (χ2v) is 4.98. The Morgan fingerprint density at radius 3 is 2.41 bits per heavy atom. The van der Waals surface area contributed by atoms with E-state index >= 15 is 0 Å². The monoisotopic (exact) mass is 295 g/mol. The third-order valence-electron chi connectivity index (χ3n) is 3.40. The Kier molecular flexibility index (Phi) is 3.47. The fraction of sp³-hybridized carbons (Fsp3) is 0.118. The number of para-hydroxylation sites is 1. The number of carbonyl (C=O) groups excluding carboxylic acids is 3. The molecule has 0 fully saturated rings. The summed E-state index contributed by atoms with van der Waals surface area (Å²) in [6.07, 6.45) is 0. The van der Waals surface area contributed by atoms with Gasteiger partial charge in [-0.2, -0.15) is 0 Å². The lowest BCUT2D eigenvalue weighted by Gasteiger charge is -2.16. The zero-order chi connectivity index (χ0) is 15.7. The summed E-state index contributed by atoms with van der Waals surface area (Å²) in [7, 11) is 0. The number of anilines is 1. The minimum Gasteiger partial charge on any atom is -0.427 e. The van der Waals surface area contributed by atoms with Gasteiger partial charge in [-0.25, -0.2) is 0 Å². The molecule has 0 N–H and O–H groups in total. The number of ether oxygens (including phenoxy) is 1. The van der Waals surface area contributed by atoms with Crippen molar-refractivity contribution >= 4 is 23.3 Å². The smallest absolute Gasteiger partial charge is 0.308 e. The predicted molar refractivity (Wildman–Crippen MR) is 79.7 cm³/mol. The minimum absolute atomic E-state index is 0.294. The van der Waals surface area contributed by atoms with Gasteiger partial charge < -0.3 is 9.64 Å². The van der Waals surface area contributed by atoms with E-state index in [2.05, 4.69) is 0 Å². The molecule has 0 saturated heterocycles. The number of hydrogen-bond acceptors (Lipinski definition) is 4. The summed E-state index contributed by atoms with van der Waals surface area (Å²) >= 11 is 0. The molecule has 2 aromatic rings. The van der Waals surface area contributed by atoms with Crippen LogP contribution in [-0.2, 0) is 16.1 Å². The van der Waals surface area contributed by atoms with Gasteiger partial charge in [-0.3, -0.25) is 14.4 Å². The van der Waals surface area contributed by atoms with E-state index in [4.69, 9.17) is 4.74 Å². The molecule has 0 saturated carbocycles. The molecule has 1 heterocycles. The van der Waals surface area contributed by atoms with Crippen LogP contribution in [0.25, 0.3) is 0 Å².